The fraction of sp³-hybridized carbons (Fsp3) is 0.167. The average molecular weight is 281 g/mol. The molecule has 0 aliphatic heterocycles. The first-order chi connectivity index (χ1) is 9.11. The third-order valence-electron chi connectivity index (χ3n) is 2.33. The fourth-order valence-corrected chi connectivity index (χ4v) is 2.24. The number of ether oxygens (including phenoxy) is 1. The van der Waals surface area contributed by atoms with Crippen molar-refractivity contribution >= 4 is 22.2 Å². The Labute approximate surface area is 112 Å². The van der Waals surface area contributed by atoms with Crippen LogP contribution in [0.25, 0.3) is 0 Å². The quantitative estimate of drug-likeness (QED) is 0.929. The first kappa shape index (κ1) is 13.2. The summed E-state index contributed by atoms with van der Waals surface area (Å²) in [4.78, 5) is 0. The molecule has 98 valence electrons. The minimum absolute atomic E-state index is 0.0208. The van der Waals surface area contributed by atoms with E-state index in [1.165, 1.54) is 6.07 Å². The predicted octanol–water partition coefficient (Wildman–Crippen LogP) is 3.67. The van der Waals surface area contributed by atoms with Crippen LogP contribution in [0.15, 0.2) is 24.3 Å². The maximum Gasteiger partial charge on any atom is 0.387 e. The number of para-hydroxylation sites is 2. The predicted molar refractivity (Wildman–Crippen MR) is 67.9 cm³/mol. The van der Waals surface area contributed by atoms with Crippen LogP contribution in [0.4, 0.5) is 19.5 Å². The van der Waals surface area contributed by atoms with Crippen molar-refractivity contribution < 1.29 is 13.5 Å². The summed E-state index contributed by atoms with van der Waals surface area (Å²) in [7, 11) is 0. The summed E-state index contributed by atoms with van der Waals surface area (Å²) < 4.78 is 33.0. The lowest BCUT2D eigenvalue weighted by molar-refractivity contribution is -0.0493. The fourth-order valence-electron chi connectivity index (χ4n) is 1.48. The zero-order valence-corrected chi connectivity index (χ0v) is 10.7. The number of hydrogen-bond acceptors (Lipinski definition) is 5. The monoisotopic (exact) mass is 281 g/mol. The zero-order valence-electron chi connectivity index (χ0n) is 9.85. The first-order valence-electron chi connectivity index (χ1n) is 5.29. The average Bonchev–Trinajstić information content (AvgIpc) is 2.71. The van der Waals surface area contributed by atoms with E-state index < -0.39 is 6.61 Å². The lowest BCUT2D eigenvalue weighted by atomic mass is 10.2. The highest BCUT2D eigenvalue weighted by molar-refractivity contribution is 7.10. The van der Waals surface area contributed by atoms with Crippen molar-refractivity contribution in [3.05, 3.63) is 35.5 Å². The van der Waals surface area contributed by atoms with E-state index >= 15 is 0 Å². The molecular formula is C12H9F2N3OS. The van der Waals surface area contributed by atoms with Gasteiger partial charge in [0.2, 0.25) is 0 Å². The van der Waals surface area contributed by atoms with Gasteiger partial charge in [-0.1, -0.05) is 12.1 Å². The highest BCUT2D eigenvalue weighted by atomic mass is 32.1. The van der Waals surface area contributed by atoms with Crippen molar-refractivity contribution in [1.29, 1.82) is 5.26 Å². The van der Waals surface area contributed by atoms with Gasteiger partial charge >= 0.3 is 6.61 Å². The number of nitrogens with zero attached hydrogens (tertiary/aromatic N) is 2. The molecule has 0 aliphatic carbocycles. The molecule has 0 spiro atoms. The summed E-state index contributed by atoms with van der Waals surface area (Å²) in [5.74, 6) is 0.0208. The minimum Gasteiger partial charge on any atom is -0.433 e. The van der Waals surface area contributed by atoms with Crippen LogP contribution in [0, 0.1) is 18.3 Å². The Hall–Kier alpha value is -2.20. The number of anilines is 2. The lowest BCUT2D eigenvalue weighted by Gasteiger charge is -2.11. The van der Waals surface area contributed by atoms with Crippen LogP contribution in [0.3, 0.4) is 0 Å². The van der Waals surface area contributed by atoms with Crippen molar-refractivity contribution in [3.8, 4) is 11.8 Å². The molecule has 2 aromatic rings. The van der Waals surface area contributed by atoms with Crippen molar-refractivity contribution in [1.82, 2.24) is 4.37 Å². The second-order valence-corrected chi connectivity index (χ2v) is 4.36. The Morgan fingerprint density at radius 3 is 2.84 bits per heavy atom. The topological polar surface area (TPSA) is 57.9 Å². The van der Waals surface area contributed by atoms with Gasteiger partial charge in [0.15, 0.2) is 0 Å². The van der Waals surface area contributed by atoms with E-state index in [1.807, 2.05) is 6.07 Å². The number of aryl methyl sites for hydroxylation is 1. The summed E-state index contributed by atoms with van der Waals surface area (Å²) in [6.07, 6.45) is 0. The van der Waals surface area contributed by atoms with Gasteiger partial charge in [0, 0.05) is 0 Å². The van der Waals surface area contributed by atoms with Crippen LogP contribution in [0.2, 0.25) is 0 Å². The second-order valence-electron chi connectivity index (χ2n) is 3.58. The largest absolute Gasteiger partial charge is 0.433 e. The zero-order chi connectivity index (χ0) is 13.8. The Morgan fingerprint density at radius 1 is 1.42 bits per heavy atom. The molecule has 1 heterocycles. The number of nitriles is 1. The smallest absolute Gasteiger partial charge is 0.387 e. The van der Waals surface area contributed by atoms with E-state index in [9.17, 15) is 8.78 Å². The van der Waals surface area contributed by atoms with Gasteiger partial charge < -0.3 is 10.1 Å². The molecule has 7 heteroatoms. The molecule has 1 aromatic heterocycles. The lowest BCUT2D eigenvalue weighted by Crippen LogP contribution is -2.04. The van der Waals surface area contributed by atoms with Gasteiger partial charge in [0.05, 0.1) is 11.4 Å². The van der Waals surface area contributed by atoms with Crippen LogP contribution < -0.4 is 10.1 Å². The maximum absolute atomic E-state index is 12.3. The van der Waals surface area contributed by atoms with E-state index in [4.69, 9.17) is 5.26 Å². The van der Waals surface area contributed by atoms with E-state index in [0.29, 0.717) is 21.9 Å². The number of aromatic nitrogens is 1. The Kier molecular flexibility index (Phi) is 3.92. The molecule has 0 atom stereocenters. The van der Waals surface area contributed by atoms with Crippen molar-refractivity contribution in [2.24, 2.45) is 0 Å². The van der Waals surface area contributed by atoms with Gasteiger partial charge in [-0.2, -0.15) is 18.4 Å². The Balaban J connectivity index is 2.31. The second kappa shape index (κ2) is 5.63. The molecule has 2 rings (SSSR count). The number of halogens is 2. The molecule has 19 heavy (non-hydrogen) atoms. The molecule has 0 saturated heterocycles. The summed E-state index contributed by atoms with van der Waals surface area (Å²) >= 11 is 1.10. The summed E-state index contributed by atoms with van der Waals surface area (Å²) in [5.41, 5.74) is 1.36. The van der Waals surface area contributed by atoms with E-state index in [1.54, 1.807) is 25.1 Å². The third-order valence-corrected chi connectivity index (χ3v) is 3.18. The molecule has 0 saturated carbocycles. The minimum atomic E-state index is -2.90. The number of hydrogen-bond donors (Lipinski definition) is 1. The van der Waals surface area contributed by atoms with E-state index in [0.717, 1.165) is 11.5 Å². The van der Waals surface area contributed by atoms with Crippen molar-refractivity contribution in [3.63, 3.8) is 0 Å². The van der Waals surface area contributed by atoms with Gasteiger partial charge in [-0.05, 0) is 30.6 Å². The summed E-state index contributed by atoms with van der Waals surface area (Å²) in [6.45, 7) is -1.19. The molecule has 4 nitrogen and oxygen atoms in total. The van der Waals surface area contributed by atoms with Crippen LogP contribution in [-0.4, -0.2) is 11.0 Å². The summed E-state index contributed by atoms with van der Waals surface area (Å²) in [6, 6.07) is 8.31. The molecule has 0 aliphatic rings. The molecule has 1 aromatic carbocycles. The number of nitrogens with one attached hydrogen (secondary N) is 1. The van der Waals surface area contributed by atoms with Crippen molar-refractivity contribution in [2.45, 2.75) is 13.5 Å². The molecule has 1 N–H and O–H groups in total. The number of alkyl halides is 2. The highest BCUT2D eigenvalue weighted by Gasteiger charge is 2.14. The van der Waals surface area contributed by atoms with Gasteiger partial charge in [0.1, 0.15) is 22.4 Å². The highest BCUT2D eigenvalue weighted by Crippen LogP contribution is 2.32. The van der Waals surface area contributed by atoms with Crippen LogP contribution in [-0.2, 0) is 0 Å². The van der Waals surface area contributed by atoms with Crippen LogP contribution >= 0.6 is 11.5 Å². The molecule has 0 radical (unpaired) electrons. The molecule has 0 fully saturated rings. The number of rotatable bonds is 4. The van der Waals surface area contributed by atoms with E-state index in [-0.39, 0.29) is 5.75 Å². The van der Waals surface area contributed by atoms with Crippen LogP contribution in [0.1, 0.15) is 11.3 Å². The van der Waals surface area contributed by atoms with Crippen molar-refractivity contribution in [2.75, 3.05) is 5.32 Å². The Bertz CT molecular complexity index is 622. The van der Waals surface area contributed by atoms with E-state index in [2.05, 4.69) is 14.4 Å². The standard InChI is InChI=1S/C12H9F2N3OS/c1-7-8(6-15)11(19-17-7)16-9-4-2-3-5-10(9)18-12(13)14/h2-5,12,16H,1H3. The van der Waals surface area contributed by atoms with Gasteiger partial charge in [-0.15, -0.1) is 0 Å². The maximum atomic E-state index is 12.3. The normalized spacial score (nSPS) is 10.3. The molecular weight excluding hydrogens is 272 g/mol. The summed E-state index contributed by atoms with van der Waals surface area (Å²) in [5, 5.41) is 12.4. The first-order valence-corrected chi connectivity index (χ1v) is 6.06. The van der Waals surface area contributed by atoms with Gasteiger partial charge in [-0.25, -0.2) is 0 Å². The van der Waals surface area contributed by atoms with Crippen LogP contribution in [0.5, 0.6) is 5.75 Å². The Morgan fingerprint density at radius 2 is 2.16 bits per heavy atom. The van der Waals surface area contributed by atoms with Gasteiger partial charge in [-0.3, -0.25) is 0 Å². The number of benzene rings is 1. The molecule has 0 amide bonds. The van der Waals surface area contributed by atoms with Gasteiger partial charge in [0.25, 0.3) is 0 Å². The molecule has 0 unspecified atom stereocenters. The molecule has 0 bridgehead atoms. The third kappa shape index (κ3) is 2.98. The SMILES string of the molecule is Cc1nsc(Nc2ccccc2OC(F)F)c1C#N.